The van der Waals surface area contributed by atoms with E-state index in [2.05, 4.69) is 20.5 Å². The second-order valence-corrected chi connectivity index (χ2v) is 8.84. The highest BCUT2D eigenvalue weighted by atomic mass is 35.5. The first-order valence-corrected chi connectivity index (χ1v) is 10.8. The molecule has 2 N–H and O–H groups in total. The van der Waals surface area contributed by atoms with Crippen LogP contribution in [0.1, 0.15) is 5.56 Å². The molecular weight excluding hydrogens is 376 g/mol. The quantitative estimate of drug-likeness (QED) is 0.518. The Kier molecular flexibility index (Phi) is 7.99. The summed E-state index contributed by atoms with van der Waals surface area (Å²) in [5.74, 6) is 1.97. The minimum atomic E-state index is -2.82. The Balaban J connectivity index is 1.68. The van der Waals surface area contributed by atoms with Gasteiger partial charge in [0.15, 0.2) is 15.8 Å². The number of hydrogen-bond donors (Lipinski definition) is 2. The molecule has 0 saturated carbocycles. The van der Waals surface area contributed by atoms with Crippen molar-refractivity contribution in [1.82, 2.24) is 15.5 Å². The van der Waals surface area contributed by atoms with Gasteiger partial charge in [-0.15, -0.1) is 0 Å². The highest BCUT2D eigenvalue weighted by Crippen LogP contribution is 2.22. The number of aliphatic imine (C=N–C) groups is 1. The first-order chi connectivity index (χ1) is 12.4. The molecular formula is C17H27ClN4O3S. The van der Waals surface area contributed by atoms with Crippen LogP contribution in [0.4, 0.5) is 0 Å². The van der Waals surface area contributed by atoms with E-state index >= 15 is 0 Å². The lowest BCUT2D eigenvalue weighted by atomic mass is 10.1. The van der Waals surface area contributed by atoms with Gasteiger partial charge in [0.05, 0.1) is 18.6 Å². The van der Waals surface area contributed by atoms with Gasteiger partial charge >= 0.3 is 0 Å². The van der Waals surface area contributed by atoms with E-state index in [1.165, 1.54) is 0 Å². The maximum Gasteiger partial charge on any atom is 0.191 e. The Morgan fingerprint density at radius 2 is 1.96 bits per heavy atom. The van der Waals surface area contributed by atoms with Crippen molar-refractivity contribution in [3.63, 3.8) is 0 Å². The fourth-order valence-corrected chi connectivity index (χ4v) is 4.24. The average molecular weight is 403 g/mol. The minimum Gasteiger partial charge on any atom is -0.497 e. The third-order valence-electron chi connectivity index (χ3n) is 4.33. The molecule has 1 aromatic rings. The summed E-state index contributed by atoms with van der Waals surface area (Å²) < 4.78 is 28.0. The molecule has 146 valence electrons. The molecule has 1 aliphatic rings. The van der Waals surface area contributed by atoms with Crippen molar-refractivity contribution in [2.45, 2.75) is 6.42 Å². The van der Waals surface area contributed by atoms with Crippen molar-refractivity contribution >= 4 is 27.4 Å². The Morgan fingerprint density at radius 1 is 1.27 bits per heavy atom. The van der Waals surface area contributed by atoms with Gasteiger partial charge in [0.2, 0.25) is 0 Å². The highest BCUT2D eigenvalue weighted by Gasteiger charge is 2.20. The molecule has 0 amide bonds. The lowest BCUT2D eigenvalue weighted by Gasteiger charge is -2.26. The van der Waals surface area contributed by atoms with Crippen LogP contribution in [0.5, 0.6) is 5.75 Å². The molecule has 1 aliphatic heterocycles. The molecule has 1 fully saturated rings. The number of guanidine groups is 1. The van der Waals surface area contributed by atoms with E-state index < -0.39 is 9.84 Å². The molecule has 0 aromatic heterocycles. The fourth-order valence-electron chi connectivity index (χ4n) is 2.70. The number of benzene rings is 1. The highest BCUT2D eigenvalue weighted by molar-refractivity contribution is 7.91. The van der Waals surface area contributed by atoms with E-state index in [0.29, 0.717) is 31.2 Å². The number of methoxy groups -OCH3 is 1. The van der Waals surface area contributed by atoms with Crippen molar-refractivity contribution in [3.8, 4) is 5.75 Å². The predicted molar refractivity (Wildman–Crippen MR) is 106 cm³/mol. The van der Waals surface area contributed by atoms with Crippen molar-refractivity contribution in [1.29, 1.82) is 0 Å². The smallest absolute Gasteiger partial charge is 0.191 e. The van der Waals surface area contributed by atoms with E-state index in [0.717, 1.165) is 30.2 Å². The Morgan fingerprint density at radius 3 is 2.58 bits per heavy atom. The molecule has 1 aromatic carbocycles. The number of halogens is 1. The van der Waals surface area contributed by atoms with Crippen LogP contribution in [0.2, 0.25) is 5.02 Å². The maximum absolute atomic E-state index is 11.4. The summed E-state index contributed by atoms with van der Waals surface area (Å²) >= 11 is 6.25. The van der Waals surface area contributed by atoms with Crippen LogP contribution < -0.4 is 15.4 Å². The summed E-state index contributed by atoms with van der Waals surface area (Å²) in [5, 5.41) is 7.20. The molecule has 7 nitrogen and oxygen atoms in total. The van der Waals surface area contributed by atoms with Gasteiger partial charge < -0.3 is 15.4 Å². The van der Waals surface area contributed by atoms with Crippen LogP contribution in [-0.4, -0.2) is 77.7 Å². The zero-order valence-electron chi connectivity index (χ0n) is 15.3. The second-order valence-electron chi connectivity index (χ2n) is 6.13. The molecule has 1 heterocycles. The molecule has 1 saturated heterocycles. The first kappa shape index (κ1) is 20.8. The molecule has 0 unspecified atom stereocenters. The predicted octanol–water partition coefficient (Wildman–Crippen LogP) is 0.787. The zero-order valence-corrected chi connectivity index (χ0v) is 16.9. The third kappa shape index (κ3) is 6.66. The van der Waals surface area contributed by atoms with Gasteiger partial charge in [0, 0.05) is 44.8 Å². The molecule has 2 rings (SSSR count). The number of nitrogens with zero attached hydrogens (tertiary/aromatic N) is 2. The maximum atomic E-state index is 11.4. The van der Waals surface area contributed by atoms with Crippen LogP contribution in [0.3, 0.4) is 0 Å². The SMILES string of the molecule is CN=C(NCCc1ccc(OC)cc1Cl)NCCN1CCS(=O)(=O)CC1. The second kappa shape index (κ2) is 9.99. The van der Waals surface area contributed by atoms with Gasteiger partial charge in [-0.05, 0) is 24.1 Å². The van der Waals surface area contributed by atoms with E-state index in [9.17, 15) is 8.42 Å². The summed E-state index contributed by atoms with van der Waals surface area (Å²) in [7, 11) is 0.517. The van der Waals surface area contributed by atoms with Crippen LogP contribution in [0.25, 0.3) is 0 Å². The van der Waals surface area contributed by atoms with Crippen LogP contribution in [0.15, 0.2) is 23.2 Å². The van der Waals surface area contributed by atoms with E-state index in [4.69, 9.17) is 16.3 Å². The molecule has 9 heteroatoms. The lowest BCUT2D eigenvalue weighted by molar-refractivity contribution is 0.299. The first-order valence-electron chi connectivity index (χ1n) is 8.63. The average Bonchev–Trinajstić information content (AvgIpc) is 2.62. The van der Waals surface area contributed by atoms with Crippen molar-refractivity contribution in [2.24, 2.45) is 4.99 Å². The summed E-state index contributed by atoms with van der Waals surface area (Å²) in [6.07, 6.45) is 0.771. The molecule has 0 radical (unpaired) electrons. The van der Waals surface area contributed by atoms with E-state index in [-0.39, 0.29) is 11.5 Å². The van der Waals surface area contributed by atoms with Crippen LogP contribution in [0, 0.1) is 0 Å². The van der Waals surface area contributed by atoms with Crippen molar-refractivity contribution < 1.29 is 13.2 Å². The Labute approximate surface area is 160 Å². The fraction of sp³-hybridized carbons (Fsp3) is 0.588. The summed E-state index contributed by atoms with van der Waals surface area (Å²) in [6.45, 7) is 3.41. The number of nitrogens with one attached hydrogen (secondary N) is 2. The normalized spacial score (nSPS) is 17.7. The summed E-state index contributed by atoms with van der Waals surface area (Å²) in [6, 6.07) is 5.67. The number of hydrogen-bond acceptors (Lipinski definition) is 5. The van der Waals surface area contributed by atoms with Crippen LogP contribution in [-0.2, 0) is 16.3 Å². The molecule has 0 atom stereocenters. The third-order valence-corrected chi connectivity index (χ3v) is 6.29. The minimum absolute atomic E-state index is 0.253. The zero-order chi connectivity index (χ0) is 19.0. The van der Waals surface area contributed by atoms with Crippen molar-refractivity contribution in [3.05, 3.63) is 28.8 Å². The number of rotatable bonds is 7. The van der Waals surface area contributed by atoms with Crippen LogP contribution >= 0.6 is 11.6 Å². The lowest BCUT2D eigenvalue weighted by Crippen LogP contribution is -2.46. The topological polar surface area (TPSA) is 83.0 Å². The molecule has 0 bridgehead atoms. The van der Waals surface area contributed by atoms with E-state index in [1.807, 2.05) is 18.2 Å². The largest absolute Gasteiger partial charge is 0.497 e. The summed E-state index contributed by atoms with van der Waals surface area (Å²) in [5.41, 5.74) is 1.05. The Hall–Kier alpha value is -1.51. The standard InChI is InChI=1S/C17H27ClN4O3S/c1-19-17(21-7-8-22-9-11-26(23,24)12-10-22)20-6-5-14-3-4-15(25-2)13-16(14)18/h3-4,13H,5-12H2,1-2H3,(H2,19,20,21). The van der Waals surface area contributed by atoms with Gasteiger partial charge in [-0.25, -0.2) is 8.42 Å². The van der Waals surface area contributed by atoms with Gasteiger partial charge in [-0.2, -0.15) is 0 Å². The number of sulfone groups is 1. The molecule has 26 heavy (non-hydrogen) atoms. The van der Waals surface area contributed by atoms with E-state index in [1.54, 1.807) is 14.2 Å². The monoisotopic (exact) mass is 402 g/mol. The van der Waals surface area contributed by atoms with Gasteiger partial charge in [-0.1, -0.05) is 17.7 Å². The van der Waals surface area contributed by atoms with Gasteiger partial charge in [0.25, 0.3) is 0 Å². The molecule has 0 spiro atoms. The van der Waals surface area contributed by atoms with Gasteiger partial charge in [0.1, 0.15) is 5.75 Å². The summed E-state index contributed by atoms with van der Waals surface area (Å²) in [4.78, 5) is 6.35. The number of ether oxygens (including phenoxy) is 1. The molecule has 0 aliphatic carbocycles. The van der Waals surface area contributed by atoms with Gasteiger partial charge in [-0.3, -0.25) is 9.89 Å². The van der Waals surface area contributed by atoms with Crippen molar-refractivity contribution in [2.75, 3.05) is 58.4 Å². The Bertz CT molecular complexity index is 711.